The van der Waals surface area contributed by atoms with E-state index in [1.54, 1.807) is 32.9 Å². The van der Waals surface area contributed by atoms with E-state index < -0.39 is 17.3 Å². The summed E-state index contributed by atoms with van der Waals surface area (Å²) in [5, 5.41) is 11.0. The van der Waals surface area contributed by atoms with E-state index in [2.05, 4.69) is 15.5 Å². The Kier molecular flexibility index (Phi) is 8.19. The number of carbonyl (C=O) groups is 2. The number of hydrogen-bond acceptors (Lipinski definition) is 7. The SMILES string of the molecule is CC(C)(C)OC(=O)CNCCN(C(=O)OC(C)(C)C)c1ccc(I)nn1. The zero-order valence-corrected chi connectivity index (χ0v) is 18.3. The number of carbonyl (C=O) groups excluding carboxylic acids is 2. The molecule has 0 saturated heterocycles. The first-order valence-corrected chi connectivity index (χ1v) is 9.37. The number of anilines is 1. The summed E-state index contributed by atoms with van der Waals surface area (Å²) < 4.78 is 11.4. The van der Waals surface area contributed by atoms with Gasteiger partial charge in [0.25, 0.3) is 0 Å². The van der Waals surface area contributed by atoms with E-state index in [0.717, 1.165) is 3.70 Å². The van der Waals surface area contributed by atoms with Gasteiger partial charge in [0.05, 0.1) is 6.54 Å². The first-order valence-electron chi connectivity index (χ1n) is 8.30. The van der Waals surface area contributed by atoms with Crippen molar-refractivity contribution in [3.05, 3.63) is 15.8 Å². The van der Waals surface area contributed by atoms with Crippen LogP contribution in [0.1, 0.15) is 41.5 Å². The molecule has 1 aromatic heterocycles. The maximum Gasteiger partial charge on any atom is 0.416 e. The van der Waals surface area contributed by atoms with E-state index in [9.17, 15) is 9.59 Å². The molecular weight excluding hydrogens is 451 g/mol. The second-order valence-corrected chi connectivity index (χ2v) is 8.71. The van der Waals surface area contributed by atoms with Crippen LogP contribution in [0.2, 0.25) is 0 Å². The van der Waals surface area contributed by atoms with Crippen molar-refractivity contribution >= 4 is 40.5 Å². The average Bonchev–Trinajstić information content (AvgIpc) is 2.44. The summed E-state index contributed by atoms with van der Waals surface area (Å²) in [6, 6.07) is 3.46. The molecule has 1 rings (SSSR count). The largest absolute Gasteiger partial charge is 0.459 e. The van der Waals surface area contributed by atoms with Gasteiger partial charge in [-0.3, -0.25) is 9.69 Å². The molecule has 26 heavy (non-hydrogen) atoms. The third kappa shape index (κ3) is 9.27. The topological polar surface area (TPSA) is 93.7 Å². The fourth-order valence-corrected chi connectivity index (χ4v) is 2.12. The molecule has 1 N–H and O–H groups in total. The number of nitrogens with one attached hydrogen (secondary N) is 1. The molecule has 8 nitrogen and oxygen atoms in total. The molecule has 0 aliphatic heterocycles. The highest BCUT2D eigenvalue weighted by atomic mass is 127. The molecule has 0 aliphatic carbocycles. The van der Waals surface area contributed by atoms with Gasteiger partial charge in [0.2, 0.25) is 0 Å². The second kappa shape index (κ2) is 9.45. The number of esters is 1. The lowest BCUT2D eigenvalue weighted by molar-refractivity contribution is -0.153. The first-order chi connectivity index (χ1) is 11.9. The lowest BCUT2D eigenvalue weighted by Crippen LogP contribution is -2.42. The number of hydrogen-bond donors (Lipinski definition) is 1. The van der Waals surface area contributed by atoms with E-state index >= 15 is 0 Å². The molecule has 0 aliphatic rings. The molecule has 0 aromatic carbocycles. The molecule has 0 bridgehead atoms. The molecule has 1 aromatic rings. The number of ether oxygens (including phenoxy) is 2. The summed E-state index contributed by atoms with van der Waals surface area (Å²) in [6.45, 7) is 11.5. The van der Waals surface area contributed by atoms with E-state index in [0.29, 0.717) is 12.4 Å². The van der Waals surface area contributed by atoms with Crippen LogP contribution in [0.15, 0.2) is 12.1 Å². The Morgan fingerprint density at radius 1 is 1.08 bits per heavy atom. The zero-order chi connectivity index (χ0) is 20.0. The number of nitrogens with zero attached hydrogens (tertiary/aromatic N) is 3. The maximum atomic E-state index is 12.5. The Morgan fingerprint density at radius 3 is 2.19 bits per heavy atom. The van der Waals surface area contributed by atoms with Crippen LogP contribution in [-0.2, 0) is 14.3 Å². The summed E-state index contributed by atoms with van der Waals surface area (Å²) in [7, 11) is 0. The van der Waals surface area contributed by atoms with Crippen molar-refractivity contribution in [3.63, 3.8) is 0 Å². The third-order valence-corrected chi connectivity index (χ3v) is 3.29. The van der Waals surface area contributed by atoms with Gasteiger partial charge in [-0.1, -0.05) is 0 Å². The van der Waals surface area contributed by atoms with Crippen molar-refractivity contribution in [1.82, 2.24) is 15.5 Å². The van der Waals surface area contributed by atoms with Crippen molar-refractivity contribution < 1.29 is 19.1 Å². The smallest absolute Gasteiger partial charge is 0.416 e. The van der Waals surface area contributed by atoms with Crippen LogP contribution in [0.3, 0.4) is 0 Å². The molecule has 1 amide bonds. The van der Waals surface area contributed by atoms with Crippen molar-refractivity contribution in [2.75, 3.05) is 24.5 Å². The molecular formula is C17H27IN4O4. The third-order valence-electron chi connectivity index (χ3n) is 2.71. The highest BCUT2D eigenvalue weighted by Crippen LogP contribution is 2.16. The number of halogens is 1. The predicted octanol–water partition coefficient (Wildman–Crippen LogP) is 2.75. The molecule has 1 heterocycles. The Hall–Kier alpha value is -1.49. The second-order valence-electron chi connectivity index (χ2n) is 7.61. The Labute approximate surface area is 168 Å². The quantitative estimate of drug-likeness (QED) is 0.382. The molecule has 0 unspecified atom stereocenters. The van der Waals surface area contributed by atoms with Gasteiger partial charge >= 0.3 is 12.1 Å². The monoisotopic (exact) mass is 478 g/mol. The van der Waals surface area contributed by atoms with Gasteiger partial charge in [0.1, 0.15) is 14.9 Å². The molecule has 0 radical (unpaired) electrons. The minimum atomic E-state index is -0.629. The first kappa shape index (κ1) is 22.6. The lowest BCUT2D eigenvalue weighted by Gasteiger charge is -2.26. The van der Waals surface area contributed by atoms with Crippen LogP contribution in [0.25, 0.3) is 0 Å². The van der Waals surface area contributed by atoms with Crippen LogP contribution >= 0.6 is 22.6 Å². The van der Waals surface area contributed by atoms with Gasteiger partial charge in [0.15, 0.2) is 5.82 Å². The van der Waals surface area contributed by atoms with Gasteiger partial charge in [0, 0.05) is 13.1 Å². The predicted molar refractivity (Wildman–Crippen MR) is 107 cm³/mol. The summed E-state index contributed by atoms with van der Waals surface area (Å²) in [5.74, 6) is 0.0362. The van der Waals surface area contributed by atoms with E-state index in [4.69, 9.17) is 9.47 Å². The Balaban J connectivity index is 2.67. The highest BCUT2D eigenvalue weighted by Gasteiger charge is 2.24. The van der Waals surface area contributed by atoms with Crippen LogP contribution in [0.4, 0.5) is 10.6 Å². The van der Waals surface area contributed by atoms with E-state index in [1.807, 2.05) is 43.4 Å². The van der Waals surface area contributed by atoms with Gasteiger partial charge in [-0.2, -0.15) is 0 Å². The molecule has 9 heteroatoms. The van der Waals surface area contributed by atoms with Gasteiger partial charge in [-0.25, -0.2) is 4.79 Å². The van der Waals surface area contributed by atoms with E-state index in [1.165, 1.54) is 4.90 Å². The molecule has 0 atom stereocenters. The Morgan fingerprint density at radius 2 is 1.69 bits per heavy atom. The number of aromatic nitrogens is 2. The van der Waals surface area contributed by atoms with Crippen LogP contribution in [-0.4, -0.2) is 53.1 Å². The fourth-order valence-electron chi connectivity index (χ4n) is 1.83. The van der Waals surface area contributed by atoms with Gasteiger partial charge in [-0.15, -0.1) is 10.2 Å². The van der Waals surface area contributed by atoms with E-state index in [-0.39, 0.29) is 19.1 Å². The van der Waals surface area contributed by atoms with Crippen molar-refractivity contribution in [1.29, 1.82) is 0 Å². The van der Waals surface area contributed by atoms with Crippen LogP contribution < -0.4 is 10.2 Å². The van der Waals surface area contributed by atoms with Crippen molar-refractivity contribution in [2.24, 2.45) is 0 Å². The highest BCUT2D eigenvalue weighted by molar-refractivity contribution is 14.1. The van der Waals surface area contributed by atoms with Gasteiger partial charge < -0.3 is 14.8 Å². The molecule has 0 fully saturated rings. The van der Waals surface area contributed by atoms with Gasteiger partial charge in [-0.05, 0) is 76.3 Å². The number of amides is 1. The van der Waals surface area contributed by atoms with Crippen molar-refractivity contribution in [3.8, 4) is 0 Å². The zero-order valence-electron chi connectivity index (χ0n) is 16.1. The molecule has 146 valence electrons. The Bertz CT molecular complexity index is 609. The summed E-state index contributed by atoms with van der Waals surface area (Å²) in [4.78, 5) is 25.6. The fraction of sp³-hybridized carbons (Fsp3) is 0.647. The van der Waals surface area contributed by atoms with Crippen molar-refractivity contribution in [2.45, 2.75) is 52.7 Å². The summed E-state index contributed by atoms with van der Waals surface area (Å²) >= 11 is 2.04. The molecule has 0 spiro atoms. The lowest BCUT2D eigenvalue weighted by atomic mass is 10.2. The molecule has 0 saturated carbocycles. The normalized spacial score (nSPS) is 11.8. The average molecular weight is 478 g/mol. The summed E-state index contributed by atoms with van der Waals surface area (Å²) in [6.07, 6.45) is -0.521. The minimum absolute atomic E-state index is 0.0534. The number of rotatable bonds is 6. The summed E-state index contributed by atoms with van der Waals surface area (Å²) in [5.41, 5.74) is -1.16. The van der Waals surface area contributed by atoms with Crippen LogP contribution in [0, 0.1) is 3.70 Å². The minimum Gasteiger partial charge on any atom is -0.459 e. The maximum absolute atomic E-state index is 12.5. The standard InChI is InChI=1S/C17H27IN4O4/c1-16(2,3)25-14(23)11-19-9-10-22(15(24)26-17(4,5)6)13-8-7-12(18)20-21-13/h7-8,19H,9-11H2,1-6H3. The van der Waals surface area contributed by atoms with Crippen LogP contribution in [0.5, 0.6) is 0 Å².